The first kappa shape index (κ1) is 22.9. The number of amides is 1. The molecule has 172 valence electrons. The van der Waals surface area contributed by atoms with Crippen molar-refractivity contribution in [3.63, 3.8) is 0 Å². The van der Waals surface area contributed by atoms with E-state index in [1.807, 2.05) is 11.8 Å². The maximum absolute atomic E-state index is 12.9. The van der Waals surface area contributed by atoms with Gasteiger partial charge < -0.3 is 10.1 Å². The summed E-state index contributed by atoms with van der Waals surface area (Å²) in [6, 6.07) is 6.83. The molecule has 1 aromatic carbocycles. The van der Waals surface area contributed by atoms with Crippen molar-refractivity contribution in [2.24, 2.45) is 0 Å². The zero-order valence-electron chi connectivity index (χ0n) is 18.2. The predicted molar refractivity (Wildman–Crippen MR) is 123 cm³/mol. The lowest BCUT2D eigenvalue weighted by molar-refractivity contribution is -0.117. The fourth-order valence-corrected chi connectivity index (χ4v) is 6.88. The summed E-state index contributed by atoms with van der Waals surface area (Å²) >= 11 is 1.45. The van der Waals surface area contributed by atoms with Crippen molar-refractivity contribution in [3.05, 3.63) is 45.8 Å². The van der Waals surface area contributed by atoms with Crippen LogP contribution in [0.5, 0.6) is 0 Å². The number of carbonyl (C=O) groups is 2. The number of hydrogen-bond donors (Lipinski definition) is 1. The van der Waals surface area contributed by atoms with Crippen molar-refractivity contribution < 1.29 is 22.7 Å². The zero-order valence-corrected chi connectivity index (χ0v) is 19.9. The van der Waals surface area contributed by atoms with Crippen LogP contribution in [-0.4, -0.2) is 69.3 Å². The summed E-state index contributed by atoms with van der Waals surface area (Å²) in [7, 11) is -2.20. The van der Waals surface area contributed by atoms with Gasteiger partial charge in [-0.25, -0.2) is 13.2 Å². The Kier molecular flexibility index (Phi) is 6.66. The first-order valence-electron chi connectivity index (χ1n) is 10.6. The summed E-state index contributed by atoms with van der Waals surface area (Å²) in [5.74, 6) is -0.639. The van der Waals surface area contributed by atoms with Crippen LogP contribution in [-0.2, 0) is 32.4 Å². The molecule has 1 aliphatic carbocycles. The lowest BCUT2D eigenvalue weighted by atomic mass is 10.1. The summed E-state index contributed by atoms with van der Waals surface area (Å²) in [4.78, 5) is 28.3. The van der Waals surface area contributed by atoms with Gasteiger partial charge in [0.05, 0.1) is 24.1 Å². The molecule has 0 radical (unpaired) electrons. The van der Waals surface area contributed by atoms with E-state index in [0.717, 1.165) is 35.3 Å². The molecule has 0 atom stereocenters. The second-order valence-corrected chi connectivity index (χ2v) is 11.1. The number of benzene rings is 1. The van der Waals surface area contributed by atoms with Crippen molar-refractivity contribution in [2.45, 2.75) is 31.1 Å². The van der Waals surface area contributed by atoms with Gasteiger partial charge in [-0.2, -0.15) is 4.31 Å². The molecule has 0 unspecified atom stereocenters. The van der Waals surface area contributed by atoms with Crippen molar-refractivity contribution in [2.75, 3.05) is 45.2 Å². The topological polar surface area (TPSA) is 96.0 Å². The van der Waals surface area contributed by atoms with Crippen molar-refractivity contribution in [1.29, 1.82) is 0 Å². The molecule has 0 spiro atoms. The van der Waals surface area contributed by atoms with Gasteiger partial charge in [-0.3, -0.25) is 9.69 Å². The number of methoxy groups -OCH3 is 1. The molecule has 1 N–H and O–H groups in total. The van der Waals surface area contributed by atoms with E-state index in [4.69, 9.17) is 4.74 Å². The minimum atomic E-state index is -3.54. The third-order valence-electron chi connectivity index (χ3n) is 5.92. The van der Waals surface area contributed by atoms with Gasteiger partial charge in [0, 0.05) is 31.1 Å². The quantitative estimate of drug-likeness (QED) is 0.642. The third kappa shape index (κ3) is 4.59. The van der Waals surface area contributed by atoms with E-state index in [0.29, 0.717) is 36.7 Å². The van der Waals surface area contributed by atoms with Crippen LogP contribution >= 0.6 is 11.3 Å². The molecule has 0 bridgehead atoms. The van der Waals surface area contributed by atoms with Gasteiger partial charge in [0.25, 0.3) is 0 Å². The lowest BCUT2D eigenvalue weighted by Crippen LogP contribution is -2.50. The summed E-state index contributed by atoms with van der Waals surface area (Å²) in [6.45, 7) is 3.63. The average molecular weight is 478 g/mol. The molecule has 1 fully saturated rings. The summed E-state index contributed by atoms with van der Waals surface area (Å²) in [5.41, 5.74) is 2.48. The Balaban J connectivity index is 1.36. The number of piperazine rings is 1. The second-order valence-electron chi connectivity index (χ2n) is 8.09. The van der Waals surface area contributed by atoms with E-state index in [1.165, 1.54) is 22.8 Å². The van der Waals surface area contributed by atoms with E-state index < -0.39 is 16.0 Å². The first-order chi connectivity index (χ1) is 15.3. The molecule has 8 nitrogen and oxygen atoms in total. The molecule has 1 aromatic heterocycles. The number of rotatable bonds is 6. The highest BCUT2D eigenvalue weighted by Crippen LogP contribution is 2.39. The second kappa shape index (κ2) is 9.30. The molecule has 4 rings (SSSR count). The largest absolute Gasteiger partial charge is 0.465 e. The van der Waals surface area contributed by atoms with Crippen molar-refractivity contribution >= 4 is 38.2 Å². The highest BCUT2D eigenvalue weighted by atomic mass is 32.2. The van der Waals surface area contributed by atoms with Gasteiger partial charge in [-0.15, -0.1) is 11.3 Å². The molecule has 10 heteroatoms. The monoisotopic (exact) mass is 477 g/mol. The Morgan fingerprint density at radius 2 is 1.78 bits per heavy atom. The molecule has 1 saturated heterocycles. The number of carbonyl (C=O) groups excluding carboxylic acids is 2. The number of nitrogens with zero attached hydrogens (tertiary/aromatic N) is 2. The Morgan fingerprint density at radius 3 is 2.44 bits per heavy atom. The smallest absolute Gasteiger partial charge is 0.341 e. The number of esters is 1. The van der Waals surface area contributed by atoms with E-state index >= 15 is 0 Å². The molecule has 1 aliphatic heterocycles. The molecule has 2 aromatic rings. The van der Waals surface area contributed by atoms with E-state index in [9.17, 15) is 18.0 Å². The lowest BCUT2D eigenvalue weighted by Gasteiger charge is -2.33. The van der Waals surface area contributed by atoms with E-state index in [-0.39, 0.29) is 17.3 Å². The highest BCUT2D eigenvalue weighted by molar-refractivity contribution is 7.89. The molecule has 32 heavy (non-hydrogen) atoms. The van der Waals surface area contributed by atoms with Gasteiger partial charge >= 0.3 is 5.97 Å². The van der Waals surface area contributed by atoms with Gasteiger partial charge in [0.1, 0.15) is 5.00 Å². The van der Waals surface area contributed by atoms with Crippen LogP contribution < -0.4 is 5.32 Å². The van der Waals surface area contributed by atoms with Crippen LogP contribution in [0.3, 0.4) is 0 Å². The van der Waals surface area contributed by atoms with Gasteiger partial charge in [-0.05, 0) is 43.9 Å². The van der Waals surface area contributed by atoms with Crippen LogP contribution in [0.1, 0.15) is 32.8 Å². The summed E-state index contributed by atoms with van der Waals surface area (Å²) in [6.07, 6.45) is 2.75. The minimum absolute atomic E-state index is 0.140. The number of sulfonamides is 1. The molecule has 1 amide bonds. The summed E-state index contributed by atoms with van der Waals surface area (Å²) in [5, 5.41) is 3.43. The maximum atomic E-state index is 12.9. The molecule has 2 aliphatic rings. The molecular formula is C22H27N3O5S2. The number of hydrogen-bond acceptors (Lipinski definition) is 7. The summed E-state index contributed by atoms with van der Waals surface area (Å²) < 4.78 is 32.1. The van der Waals surface area contributed by atoms with E-state index in [2.05, 4.69) is 5.32 Å². The fraction of sp³-hybridized carbons (Fsp3) is 0.455. The number of ether oxygens (including phenoxy) is 1. The predicted octanol–water partition coefficient (Wildman–Crippen LogP) is 2.28. The maximum Gasteiger partial charge on any atom is 0.341 e. The molecule has 2 heterocycles. The number of aryl methyl sites for hydroxylation is 2. The third-order valence-corrected chi connectivity index (χ3v) is 9.04. The minimum Gasteiger partial charge on any atom is -0.465 e. The Bertz CT molecular complexity index is 1120. The Morgan fingerprint density at radius 1 is 1.09 bits per heavy atom. The van der Waals surface area contributed by atoms with Crippen LogP contribution in [0.4, 0.5) is 5.00 Å². The van der Waals surface area contributed by atoms with Crippen LogP contribution in [0.15, 0.2) is 29.2 Å². The number of nitrogens with one attached hydrogen (secondary N) is 1. The van der Waals surface area contributed by atoms with E-state index in [1.54, 1.807) is 24.3 Å². The normalized spacial score (nSPS) is 17.2. The zero-order chi connectivity index (χ0) is 22.9. The fourth-order valence-electron chi connectivity index (χ4n) is 4.17. The number of fused-ring (bicyclic) bond motifs is 1. The Hall–Kier alpha value is -2.27. The van der Waals surface area contributed by atoms with Crippen LogP contribution in [0, 0.1) is 6.92 Å². The Labute approximate surface area is 192 Å². The van der Waals surface area contributed by atoms with Crippen LogP contribution in [0.2, 0.25) is 0 Å². The number of anilines is 1. The molecule has 0 saturated carbocycles. The van der Waals surface area contributed by atoms with Gasteiger partial charge in [0.15, 0.2) is 0 Å². The van der Waals surface area contributed by atoms with Gasteiger partial charge in [0.2, 0.25) is 15.9 Å². The SMILES string of the molecule is COC(=O)c1c(NC(=O)CN2CCN(S(=O)(=O)c3ccc(C)cc3)CC2)sc2c1CCC2. The van der Waals surface area contributed by atoms with Crippen molar-refractivity contribution in [1.82, 2.24) is 9.21 Å². The highest BCUT2D eigenvalue weighted by Gasteiger charge is 2.31. The standard InChI is InChI=1S/C22H27N3O5S2/c1-15-6-8-16(9-7-15)32(28,29)25-12-10-24(11-13-25)14-19(26)23-21-20(22(27)30-2)17-4-3-5-18(17)31-21/h6-9H,3-5,10-14H2,1-2H3,(H,23,26). The van der Waals surface area contributed by atoms with Crippen molar-refractivity contribution in [3.8, 4) is 0 Å². The average Bonchev–Trinajstić information content (AvgIpc) is 3.34. The molecular weight excluding hydrogens is 450 g/mol. The first-order valence-corrected chi connectivity index (χ1v) is 12.9. The van der Waals surface area contributed by atoms with Crippen LogP contribution in [0.25, 0.3) is 0 Å². The number of thiophene rings is 1. The van der Waals surface area contributed by atoms with Gasteiger partial charge in [-0.1, -0.05) is 17.7 Å².